The van der Waals surface area contributed by atoms with Crippen molar-refractivity contribution in [3.63, 3.8) is 0 Å². The zero-order valence-electron chi connectivity index (χ0n) is 22.6. The monoisotopic (exact) mass is 565 g/mol. The van der Waals surface area contributed by atoms with E-state index >= 15 is 0 Å². The van der Waals surface area contributed by atoms with Gasteiger partial charge in [0.25, 0.3) is 0 Å². The third kappa shape index (κ3) is 7.62. The smallest absolute Gasteiger partial charge is 0.306 e. The topological polar surface area (TPSA) is 141 Å². The number of carbonyl (C=O) groups is 1. The molecule has 0 aliphatic heterocycles. The zero-order chi connectivity index (χ0) is 28.7. The Hall–Kier alpha value is -3.86. The molecule has 10 heteroatoms. The molecule has 0 saturated carbocycles. The maximum atomic E-state index is 11.7. The first-order valence-corrected chi connectivity index (χ1v) is 15.1. The van der Waals surface area contributed by atoms with Gasteiger partial charge in [-0.2, -0.15) is 0 Å². The Bertz CT molecular complexity index is 1550. The number of carboxylic acids is 1. The van der Waals surface area contributed by atoms with Gasteiger partial charge in [-0.3, -0.25) is 9.52 Å². The van der Waals surface area contributed by atoms with E-state index < -0.39 is 28.0 Å². The van der Waals surface area contributed by atoms with Crippen molar-refractivity contribution in [2.75, 3.05) is 30.7 Å². The number of sulfonamides is 1. The van der Waals surface area contributed by atoms with Crippen LogP contribution in [0.4, 0.5) is 5.69 Å². The number of ether oxygens (including phenoxy) is 1. The summed E-state index contributed by atoms with van der Waals surface area (Å²) in [4.78, 5) is 15.2. The summed E-state index contributed by atoms with van der Waals surface area (Å²) in [5, 5.41) is 24.3. The summed E-state index contributed by atoms with van der Waals surface area (Å²) in [6.45, 7) is 3.01. The van der Waals surface area contributed by atoms with E-state index in [1.807, 2.05) is 55.5 Å². The number of benzene rings is 3. The van der Waals surface area contributed by atoms with Crippen LogP contribution in [0.5, 0.6) is 5.75 Å². The third-order valence-corrected chi connectivity index (χ3v) is 7.27. The van der Waals surface area contributed by atoms with E-state index in [9.17, 15) is 23.4 Å². The zero-order valence-corrected chi connectivity index (χ0v) is 23.4. The number of nitrogens with one attached hydrogen (secondary N) is 3. The van der Waals surface area contributed by atoms with Gasteiger partial charge in [0.05, 0.1) is 18.3 Å². The summed E-state index contributed by atoms with van der Waals surface area (Å²) in [5.41, 5.74) is 4.79. The van der Waals surface area contributed by atoms with E-state index in [1.165, 1.54) is 0 Å². The minimum absolute atomic E-state index is 0.271. The van der Waals surface area contributed by atoms with Gasteiger partial charge < -0.3 is 25.3 Å². The van der Waals surface area contributed by atoms with Crippen LogP contribution in [0, 0.1) is 5.92 Å². The summed E-state index contributed by atoms with van der Waals surface area (Å²) in [6.07, 6.45) is 1.20. The molecule has 0 spiro atoms. The number of rotatable bonds is 14. The van der Waals surface area contributed by atoms with E-state index in [0.29, 0.717) is 43.0 Å². The summed E-state index contributed by atoms with van der Waals surface area (Å²) < 4.78 is 31.3. The van der Waals surface area contributed by atoms with Crippen LogP contribution in [0.15, 0.2) is 72.8 Å². The summed E-state index contributed by atoms with van der Waals surface area (Å²) in [5.74, 6) is -0.613. The van der Waals surface area contributed by atoms with Crippen molar-refractivity contribution in [3.05, 3.63) is 84.1 Å². The second-order valence-corrected chi connectivity index (χ2v) is 11.5. The van der Waals surface area contributed by atoms with E-state index in [4.69, 9.17) is 4.74 Å². The molecule has 2 atom stereocenters. The molecule has 212 valence electrons. The van der Waals surface area contributed by atoms with Crippen LogP contribution < -0.4 is 14.8 Å². The number of hydrogen-bond acceptors (Lipinski definition) is 6. The predicted octanol–water partition coefficient (Wildman–Crippen LogP) is 4.56. The normalized spacial score (nSPS) is 13.2. The van der Waals surface area contributed by atoms with Crippen LogP contribution in [-0.2, 0) is 21.2 Å². The molecule has 0 aliphatic rings. The molecule has 1 aromatic heterocycles. The lowest BCUT2D eigenvalue weighted by Crippen LogP contribution is -2.26. The van der Waals surface area contributed by atoms with Gasteiger partial charge in [-0.05, 0) is 41.8 Å². The van der Waals surface area contributed by atoms with Gasteiger partial charge in [0, 0.05) is 53.4 Å². The van der Waals surface area contributed by atoms with Crippen LogP contribution >= 0.6 is 0 Å². The van der Waals surface area contributed by atoms with Crippen molar-refractivity contribution < 1.29 is 28.2 Å². The van der Waals surface area contributed by atoms with Crippen LogP contribution in [-0.4, -0.2) is 55.5 Å². The molecule has 0 radical (unpaired) electrons. The number of aliphatic hydroxyl groups is 1. The summed E-state index contributed by atoms with van der Waals surface area (Å²) in [7, 11) is -3.40. The number of aromatic nitrogens is 1. The number of hydrogen-bond donors (Lipinski definition) is 5. The number of aliphatic hydroxyl groups excluding tert-OH is 1. The number of carboxylic acid groups (broad SMARTS) is 1. The molecule has 0 bridgehead atoms. The molecule has 9 nitrogen and oxygen atoms in total. The third-order valence-electron chi connectivity index (χ3n) is 6.66. The van der Waals surface area contributed by atoms with Crippen LogP contribution in [0.1, 0.15) is 30.7 Å². The second kappa shape index (κ2) is 13.0. The van der Waals surface area contributed by atoms with Crippen molar-refractivity contribution in [1.82, 2.24) is 10.3 Å². The molecular weight excluding hydrogens is 530 g/mol. The van der Waals surface area contributed by atoms with Crippen molar-refractivity contribution in [1.29, 1.82) is 0 Å². The van der Waals surface area contributed by atoms with E-state index in [2.05, 4.69) is 15.0 Å². The fourth-order valence-electron chi connectivity index (χ4n) is 4.68. The molecule has 0 amide bonds. The lowest BCUT2D eigenvalue weighted by atomic mass is 9.94. The minimum atomic E-state index is -3.40. The largest absolute Gasteiger partial charge is 0.492 e. The second-order valence-electron chi connectivity index (χ2n) is 9.77. The molecule has 5 N–H and O–H groups in total. The highest BCUT2D eigenvalue weighted by molar-refractivity contribution is 7.92. The molecule has 4 aromatic rings. The van der Waals surface area contributed by atoms with Crippen molar-refractivity contribution in [2.45, 2.75) is 25.9 Å². The number of aliphatic carboxylic acids is 1. The lowest BCUT2D eigenvalue weighted by molar-refractivity contribution is -0.141. The Balaban J connectivity index is 1.39. The molecule has 4 rings (SSSR count). The van der Waals surface area contributed by atoms with Crippen molar-refractivity contribution in [2.24, 2.45) is 5.92 Å². The van der Waals surface area contributed by atoms with E-state index in [1.54, 1.807) is 24.3 Å². The maximum absolute atomic E-state index is 11.7. The average molecular weight is 566 g/mol. The Morgan fingerprint density at radius 2 is 1.82 bits per heavy atom. The van der Waals surface area contributed by atoms with Gasteiger partial charge in [-0.15, -0.1) is 0 Å². The Labute approximate surface area is 234 Å². The number of aromatic amines is 1. The highest BCUT2D eigenvalue weighted by Gasteiger charge is 2.21. The Morgan fingerprint density at radius 3 is 2.52 bits per heavy atom. The predicted molar refractivity (Wildman–Crippen MR) is 157 cm³/mol. The maximum Gasteiger partial charge on any atom is 0.306 e. The molecular formula is C30H35N3O6S. The highest BCUT2D eigenvalue weighted by atomic mass is 32.2. The van der Waals surface area contributed by atoms with Crippen molar-refractivity contribution >= 4 is 32.6 Å². The first-order valence-electron chi connectivity index (χ1n) is 13.2. The van der Waals surface area contributed by atoms with Gasteiger partial charge in [-0.1, -0.05) is 49.4 Å². The fraction of sp³-hybridized carbons (Fsp3) is 0.300. The molecule has 0 aliphatic carbocycles. The Morgan fingerprint density at radius 1 is 1.05 bits per heavy atom. The number of anilines is 1. The number of fused-ring (bicyclic) bond motifs is 1. The Kier molecular flexibility index (Phi) is 9.46. The first-order chi connectivity index (χ1) is 19.1. The van der Waals surface area contributed by atoms with Gasteiger partial charge in [0.1, 0.15) is 12.4 Å². The van der Waals surface area contributed by atoms with Gasteiger partial charge in [0.2, 0.25) is 10.0 Å². The standard InChI is InChI=1S/C30H35N3O6S/c1-3-20(30(35)36)17-27-29(21-8-5-4-6-9-21)25-13-12-24(18-26(25)32-27)39-15-14-31-19-28(34)22-10-7-11-23(16-22)33-40(2,37)38/h4-13,16,18,20,28,31-34H,3,14-15,17,19H2,1-2H3,(H,35,36). The quantitative estimate of drug-likeness (QED) is 0.141. The van der Waals surface area contributed by atoms with Gasteiger partial charge >= 0.3 is 5.97 Å². The minimum Gasteiger partial charge on any atom is -0.492 e. The molecule has 2 unspecified atom stereocenters. The van der Waals surface area contributed by atoms with Crippen LogP contribution in [0.2, 0.25) is 0 Å². The molecule has 0 fully saturated rings. The van der Waals surface area contributed by atoms with Crippen LogP contribution in [0.25, 0.3) is 22.0 Å². The van der Waals surface area contributed by atoms with Gasteiger partial charge in [-0.25, -0.2) is 8.42 Å². The van der Waals surface area contributed by atoms with E-state index in [-0.39, 0.29) is 6.54 Å². The van der Waals surface area contributed by atoms with E-state index in [0.717, 1.165) is 34.0 Å². The summed E-state index contributed by atoms with van der Waals surface area (Å²) in [6, 6.07) is 22.4. The van der Waals surface area contributed by atoms with Crippen molar-refractivity contribution in [3.8, 4) is 16.9 Å². The highest BCUT2D eigenvalue weighted by Crippen LogP contribution is 2.35. The molecule has 40 heavy (non-hydrogen) atoms. The summed E-state index contributed by atoms with van der Waals surface area (Å²) >= 11 is 0. The SMILES string of the molecule is CCC(Cc1[nH]c2cc(OCCNCC(O)c3cccc(NS(C)(=O)=O)c3)ccc2c1-c1ccccc1)C(=O)O. The molecule has 1 heterocycles. The van der Waals surface area contributed by atoms with Crippen LogP contribution in [0.3, 0.4) is 0 Å². The molecule has 0 saturated heterocycles. The first kappa shape index (κ1) is 29.1. The van der Waals surface area contributed by atoms with Gasteiger partial charge in [0.15, 0.2) is 0 Å². The average Bonchev–Trinajstić information content (AvgIpc) is 3.28. The number of H-pyrrole nitrogens is 1. The molecule has 3 aromatic carbocycles. The lowest BCUT2D eigenvalue weighted by Gasteiger charge is -2.14. The fourth-order valence-corrected chi connectivity index (χ4v) is 5.24.